The van der Waals surface area contributed by atoms with Gasteiger partial charge in [0.05, 0.1) is 30.9 Å². The number of fused-ring (bicyclic) bond motifs is 1. The summed E-state index contributed by atoms with van der Waals surface area (Å²) < 4.78 is 15.9. The van der Waals surface area contributed by atoms with Crippen LogP contribution in [0.25, 0.3) is 10.9 Å². The van der Waals surface area contributed by atoms with E-state index in [2.05, 4.69) is 25.2 Å². The number of nitrogens with one attached hydrogen (secondary N) is 1. The number of rotatable bonds is 7. The second-order valence-electron chi connectivity index (χ2n) is 6.96. The lowest BCUT2D eigenvalue weighted by Gasteiger charge is -2.11. The van der Waals surface area contributed by atoms with Crippen LogP contribution in [0.5, 0.6) is 11.5 Å². The highest BCUT2D eigenvalue weighted by atomic mass is 32.2. The molecule has 2 heterocycles. The van der Waals surface area contributed by atoms with Crippen LogP contribution in [0.2, 0.25) is 0 Å². The van der Waals surface area contributed by atoms with Crippen molar-refractivity contribution in [2.24, 2.45) is 10.2 Å². The minimum absolute atomic E-state index is 0.188. The van der Waals surface area contributed by atoms with Crippen LogP contribution >= 0.6 is 11.8 Å². The smallest absolute Gasteiger partial charge is 0.331 e. The molecule has 1 N–H and O–H groups in total. The summed E-state index contributed by atoms with van der Waals surface area (Å²) in [7, 11) is 2.83. The van der Waals surface area contributed by atoms with Crippen LogP contribution < -0.4 is 14.8 Å². The largest absolute Gasteiger partial charge is 0.496 e. The molecule has 4 rings (SSSR count). The standard InChI is InChI=1S/C24H20N4O5S/c1-31-20-8-5-15(13-26-28-24-27-23(30)21(34-24)12-22(29)32-2)10-17(20)14-33-18-7-6-16-4-3-9-25-19(16)11-18/h3-13H,14H2,1-2H3,(H,27,28,30)/b21-12+,26-13?. The quantitative estimate of drug-likeness (QED) is 0.241. The first kappa shape index (κ1) is 23.0. The number of amides is 1. The van der Waals surface area contributed by atoms with Gasteiger partial charge in [-0.15, -0.1) is 5.10 Å². The number of thioether (sulfide) groups is 1. The topological polar surface area (TPSA) is 111 Å². The Morgan fingerprint density at radius 3 is 2.88 bits per heavy atom. The number of nitrogens with zero attached hydrogens (tertiary/aromatic N) is 3. The Morgan fingerprint density at radius 1 is 1.18 bits per heavy atom. The molecule has 1 aliphatic rings. The van der Waals surface area contributed by atoms with Gasteiger partial charge in [0.2, 0.25) is 0 Å². The van der Waals surface area contributed by atoms with Crippen molar-refractivity contribution in [1.29, 1.82) is 0 Å². The molecule has 9 nitrogen and oxygen atoms in total. The van der Waals surface area contributed by atoms with E-state index in [1.165, 1.54) is 7.11 Å². The van der Waals surface area contributed by atoms with Gasteiger partial charge in [-0.1, -0.05) is 6.07 Å². The maximum Gasteiger partial charge on any atom is 0.331 e. The molecule has 0 unspecified atom stereocenters. The van der Waals surface area contributed by atoms with Gasteiger partial charge in [0.25, 0.3) is 5.91 Å². The zero-order valence-corrected chi connectivity index (χ0v) is 19.2. The van der Waals surface area contributed by atoms with Crippen molar-refractivity contribution in [2.75, 3.05) is 14.2 Å². The molecule has 1 fully saturated rings. The summed E-state index contributed by atoms with van der Waals surface area (Å²) >= 11 is 1.00. The third-order valence-corrected chi connectivity index (χ3v) is 5.63. The van der Waals surface area contributed by atoms with Gasteiger partial charge in [0.15, 0.2) is 5.17 Å². The van der Waals surface area contributed by atoms with Crippen molar-refractivity contribution in [3.8, 4) is 11.5 Å². The van der Waals surface area contributed by atoms with Gasteiger partial charge in [0.1, 0.15) is 18.1 Å². The zero-order valence-electron chi connectivity index (χ0n) is 18.3. The van der Waals surface area contributed by atoms with E-state index in [4.69, 9.17) is 9.47 Å². The van der Waals surface area contributed by atoms with Gasteiger partial charge in [-0.25, -0.2) is 4.79 Å². The fraction of sp³-hybridized carbons (Fsp3) is 0.125. The number of carbonyl (C=O) groups excluding carboxylic acids is 2. The molecule has 172 valence electrons. The lowest BCUT2D eigenvalue weighted by atomic mass is 10.1. The van der Waals surface area contributed by atoms with E-state index in [0.717, 1.165) is 39.9 Å². The number of ether oxygens (including phenoxy) is 3. The van der Waals surface area contributed by atoms with E-state index in [9.17, 15) is 9.59 Å². The van der Waals surface area contributed by atoms with Crippen LogP contribution in [0.3, 0.4) is 0 Å². The monoisotopic (exact) mass is 476 g/mol. The van der Waals surface area contributed by atoms with Crippen LogP contribution in [0.15, 0.2) is 75.9 Å². The first-order chi connectivity index (χ1) is 16.6. The Kier molecular flexibility index (Phi) is 7.19. The van der Waals surface area contributed by atoms with Crippen LogP contribution in [-0.2, 0) is 20.9 Å². The van der Waals surface area contributed by atoms with Crippen molar-refractivity contribution in [1.82, 2.24) is 10.3 Å². The number of carbonyl (C=O) groups is 2. The summed E-state index contributed by atoms with van der Waals surface area (Å²) in [4.78, 5) is 27.7. The number of esters is 1. The van der Waals surface area contributed by atoms with E-state index in [0.29, 0.717) is 11.5 Å². The average Bonchev–Trinajstić information content (AvgIpc) is 3.21. The predicted molar refractivity (Wildman–Crippen MR) is 130 cm³/mol. The Morgan fingerprint density at radius 2 is 2.06 bits per heavy atom. The van der Waals surface area contributed by atoms with E-state index < -0.39 is 11.9 Å². The molecule has 1 amide bonds. The highest BCUT2D eigenvalue weighted by molar-refractivity contribution is 8.18. The first-order valence-corrected chi connectivity index (χ1v) is 10.9. The maximum atomic E-state index is 11.9. The molecule has 0 atom stereocenters. The first-order valence-electron chi connectivity index (χ1n) is 10.1. The Hall–Kier alpha value is -4.18. The molecule has 0 spiro atoms. The number of hydrogen-bond donors (Lipinski definition) is 1. The van der Waals surface area contributed by atoms with Gasteiger partial charge in [-0.3, -0.25) is 15.1 Å². The molecule has 3 aromatic rings. The fourth-order valence-electron chi connectivity index (χ4n) is 3.08. The van der Waals surface area contributed by atoms with E-state index >= 15 is 0 Å². The molecule has 1 saturated heterocycles. The van der Waals surface area contributed by atoms with Crippen molar-refractivity contribution < 1.29 is 23.8 Å². The summed E-state index contributed by atoms with van der Waals surface area (Å²) in [5.41, 5.74) is 2.45. The number of aromatic nitrogens is 1. The van der Waals surface area contributed by atoms with Gasteiger partial charge in [0, 0.05) is 29.3 Å². The minimum Gasteiger partial charge on any atom is -0.496 e. The third kappa shape index (κ3) is 5.59. The number of benzene rings is 2. The average molecular weight is 477 g/mol. The van der Waals surface area contributed by atoms with Crippen molar-refractivity contribution in [3.05, 3.63) is 76.8 Å². The predicted octanol–water partition coefficient (Wildman–Crippen LogP) is 3.43. The Balaban J connectivity index is 1.45. The summed E-state index contributed by atoms with van der Waals surface area (Å²) in [6.07, 6.45) is 4.39. The molecular formula is C24H20N4O5S. The fourth-order valence-corrected chi connectivity index (χ4v) is 3.82. The lowest BCUT2D eigenvalue weighted by molar-refractivity contribution is -0.135. The molecule has 1 aliphatic heterocycles. The summed E-state index contributed by atoms with van der Waals surface area (Å²) in [6.45, 7) is 0.283. The van der Waals surface area contributed by atoms with Crippen LogP contribution in [0.4, 0.5) is 0 Å². The van der Waals surface area contributed by atoms with E-state index in [1.54, 1.807) is 19.5 Å². The van der Waals surface area contributed by atoms with Crippen molar-refractivity contribution in [3.63, 3.8) is 0 Å². The SMILES string of the molecule is COC(=O)/C=C1/S/C(=N\N=Cc2ccc(OC)c(COc3ccc4cccnc4c3)c2)NC1=O. The normalized spacial score (nSPS) is 15.8. The summed E-state index contributed by atoms with van der Waals surface area (Å²) in [5.74, 6) is 0.328. The molecule has 10 heteroatoms. The van der Waals surface area contributed by atoms with Gasteiger partial charge >= 0.3 is 5.97 Å². The van der Waals surface area contributed by atoms with E-state index in [-0.39, 0.29) is 16.7 Å². The third-order valence-electron chi connectivity index (χ3n) is 4.73. The molecule has 0 saturated carbocycles. The highest BCUT2D eigenvalue weighted by Gasteiger charge is 2.25. The Bertz CT molecular complexity index is 1340. The highest BCUT2D eigenvalue weighted by Crippen LogP contribution is 2.25. The summed E-state index contributed by atoms with van der Waals surface area (Å²) in [6, 6.07) is 15.2. The Labute approximate surface area is 199 Å². The minimum atomic E-state index is -0.615. The molecule has 1 aromatic heterocycles. The van der Waals surface area contributed by atoms with Gasteiger partial charge in [-0.05, 0) is 53.7 Å². The van der Waals surface area contributed by atoms with Gasteiger partial charge < -0.3 is 14.2 Å². The van der Waals surface area contributed by atoms with Crippen molar-refractivity contribution in [2.45, 2.75) is 6.61 Å². The van der Waals surface area contributed by atoms with E-state index in [1.807, 2.05) is 48.5 Å². The second kappa shape index (κ2) is 10.6. The van der Waals surface area contributed by atoms with Crippen molar-refractivity contribution >= 4 is 45.9 Å². The maximum absolute atomic E-state index is 11.9. The van der Waals surface area contributed by atoms with Crippen LogP contribution in [-0.4, -0.2) is 42.5 Å². The number of hydrogen-bond acceptors (Lipinski definition) is 9. The molecule has 0 aliphatic carbocycles. The van der Waals surface area contributed by atoms with Crippen LogP contribution in [0.1, 0.15) is 11.1 Å². The number of pyridine rings is 1. The molecule has 0 bridgehead atoms. The molecule has 34 heavy (non-hydrogen) atoms. The molecule has 2 aromatic carbocycles. The number of amidine groups is 1. The van der Waals surface area contributed by atoms with Gasteiger partial charge in [-0.2, -0.15) is 5.10 Å². The summed E-state index contributed by atoms with van der Waals surface area (Å²) in [5, 5.41) is 11.9. The second-order valence-corrected chi connectivity index (χ2v) is 7.99. The molecular weight excluding hydrogens is 456 g/mol. The number of methoxy groups -OCH3 is 2. The van der Waals surface area contributed by atoms with Crippen LogP contribution in [0, 0.1) is 0 Å². The zero-order chi connectivity index (χ0) is 23.9. The molecule has 0 radical (unpaired) electrons. The lowest BCUT2D eigenvalue weighted by Crippen LogP contribution is -2.19.